The maximum absolute atomic E-state index is 12.5. The summed E-state index contributed by atoms with van der Waals surface area (Å²) in [5.74, 6) is 0.408. The molecule has 2 aromatic heterocycles. The molecule has 4 aromatic rings. The Labute approximate surface area is 177 Å². The second-order valence-electron chi connectivity index (χ2n) is 6.86. The summed E-state index contributed by atoms with van der Waals surface area (Å²) in [5.41, 5.74) is 3.35. The number of nitrogens with one attached hydrogen (secondary N) is 1. The summed E-state index contributed by atoms with van der Waals surface area (Å²) in [7, 11) is 5.03. The van der Waals surface area contributed by atoms with Gasteiger partial charge >= 0.3 is 0 Å². The third-order valence-corrected chi connectivity index (χ3v) is 5.44. The monoisotopic (exact) mass is 420 g/mol. The van der Waals surface area contributed by atoms with Gasteiger partial charge in [-0.15, -0.1) is 11.3 Å². The fraction of sp³-hybridized carbons (Fsp3) is 0.136. The van der Waals surface area contributed by atoms with Crippen LogP contribution in [0.1, 0.15) is 20.8 Å². The van der Waals surface area contributed by atoms with Crippen molar-refractivity contribution in [2.45, 2.75) is 0 Å². The molecular weight excluding hydrogens is 400 g/mol. The molecule has 2 amide bonds. The normalized spacial score (nSPS) is 10.8. The lowest BCUT2D eigenvalue weighted by molar-refractivity contribution is 0.0821. The van der Waals surface area contributed by atoms with Gasteiger partial charge in [0.2, 0.25) is 0 Å². The van der Waals surface area contributed by atoms with E-state index in [0.29, 0.717) is 22.7 Å². The standard InChI is InChI=1S/C22H20N4O3S/c1-25(2)21(28)19-13-30-22-24-18(12-26(19)22)15-5-4-6-16(11-15)23-20(27)14-7-9-17(29-3)10-8-14/h4-13H,1-3H3,(H,23,27). The molecule has 4 rings (SSSR count). The molecule has 0 spiro atoms. The molecule has 0 unspecified atom stereocenters. The van der Waals surface area contributed by atoms with Gasteiger partial charge in [-0.1, -0.05) is 12.1 Å². The Morgan fingerprint density at radius 3 is 2.60 bits per heavy atom. The van der Waals surface area contributed by atoms with Gasteiger partial charge in [0.15, 0.2) is 4.96 Å². The van der Waals surface area contributed by atoms with Crippen molar-refractivity contribution in [2.24, 2.45) is 0 Å². The molecule has 1 N–H and O–H groups in total. The number of methoxy groups -OCH3 is 1. The van der Waals surface area contributed by atoms with Crippen LogP contribution in [-0.2, 0) is 0 Å². The molecule has 8 heteroatoms. The molecule has 0 radical (unpaired) electrons. The van der Waals surface area contributed by atoms with Crippen LogP contribution in [-0.4, -0.2) is 47.3 Å². The predicted molar refractivity (Wildman–Crippen MR) is 117 cm³/mol. The molecule has 0 bridgehead atoms. The maximum Gasteiger partial charge on any atom is 0.271 e. The average Bonchev–Trinajstić information content (AvgIpc) is 3.34. The van der Waals surface area contributed by atoms with Gasteiger partial charge in [0, 0.05) is 42.5 Å². The number of ether oxygens (including phenoxy) is 1. The van der Waals surface area contributed by atoms with E-state index >= 15 is 0 Å². The number of benzene rings is 2. The van der Waals surface area contributed by atoms with Crippen LogP contribution >= 0.6 is 11.3 Å². The van der Waals surface area contributed by atoms with Gasteiger partial charge in [-0.3, -0.25) is 14.0 Å². The quantitative estimate of drug-likeness (QED) is 0.529. The van der Waals surface area contributed by atoms with Gasteiger partial charge in [-0.25, -0.2) is 4.98 Å². The highest BCUT2D eigenvalue weighted by Crippen LogP contribution is 2.26. The van der Waals surface area contributed by atoms with Gasteiger partial charge in [-0.2, -0.15) is 0 Å². The number of imidazole rings is 1. The molecule has 2 aromatic carbocycles. The zero-order valence-electron chi connectivity index (χ0n) is 16.7. The van der Waals surface area contributed by atoms with Gasteiger partial charge in [0.25, 0.3) is 11.8 Å². The Kier molecular flexibility index (Phi) is 5.24. The number of fused-ring (bicyclic) bond motifs is 1. The first-order valence-electron chi connectivity index (χ1n) is 9.20. The first kappa shape index (κ1) is 19.7. The maximum atomic E-state index is 12.5. The van der Waals surface area contributed by atoms with Crippen LogP contribution in [0, 0.1) is 0 Å². The summed E-state index contributed by atoms with van der Waals surface area (Å²) in [5, 5.41) is 4.71. The number of nitrogens with zero attached hydrogens (tertiary/aromatic N) is 3. The van der Waals surface area contributed by atoms with E-state index in [4.69, 9.17) is 4.74 Å². The summed E-state index contributed by atoms with van der Waals surface area (Å²) in [6.07, 6.45) is 1.84. The summed E-state index contributed by atoms with van der Waals surface area (Å²) >= 11 is 1.41. The lowest BCUT2D eigenvalue weighted by atomic mass is 10.1. The number of aromatic nitrogens is 2. The highest BCUT2D eigenvalue weighted by atomic mass is 32.1. The summed E-state index contributed by atoms with van der Waals surface area (Å²) in [4.78, 5) is 31.8. The van der Waals surface area contributed by atoms with Gasteiger partial charge < -0.3 is 15.0 Å². The van der Waals surface area contributed by atoms with E-state index in [1.807, 2.05) is 30.5 Å². The van der Waals surface area contributed by atoms with E-state index in [0.717, 1.165) is 16.2 Å². The molecule has 0 aliphatic heterocycles. The van der Waals surface area contributed by atoms with E-state index in [9.17, 15) is 9.59 Å². The first-order valence-corrected chi connectivity index (χ1v) is 10.1. The average molecular weight is 420 g/mol. The van der Waals surface area contributed by atoms with Crippen LogP contribution in [0.4, 0.5) is 5.69 Å². The smallest absolute Gasteiger partial charge is 0.271 e. The molecule has 0 saturated carbocycles. The van der Waals surface area contributed by atoms with Crippen LogP contribution in [0.5, 0.6) is 5.75 Å². The van der Waals surface area contributed by atoms with Crippen molar-refractivity contribution >= 4 is 33.8 Å². The molecule has 152 valence electrons. The zero-order valence-corrected chi connectivity index (χ0v) is 17.6. The van der Waals surface area contributed by atoms with Crippen molar-refractivity contribution in [1.82, 2.24) is 14.3 Å². The third kappa shape index (κ3) is 3.77. The van der Waals surface area contributed by atoms with Crippen molar-refractivity contribution in [3.63, 3.8) is 0 Å². The van der Waals surface area contributed by atoms with Gasteiger partial charge in [-0.05, 0) is 36.4 Å². The Bertz CT molecular complexity index is 1220. The molecule has 0 fully saturated rings. The number of thiazole rings is 1. The topological polar surface area (TPSA) is 75.9 Å². The zero-order chi connectivity index (χ0) is 21.3. The van der Waals surface area contributed by atoms with Crippen LogP contribution in [0.2, 0.25) is 0 Å². The van der Waals surface area contributed by atoms with Crippen LogP contribution in [0.3, 0.4) is 0 Å². The van der Waals surface area contributed by atoms with E-state index < -0.39 is 0 Å². The lowest BCUT2D eigenvalue weighted by Crippen LogP contribution is -2.22. The Morgan fingerprint density at radius 1 is 1.13 bits per heavy atom. The van der Waals surface area contributed by atoms with Crippen molar-refractivity contribution < 1.29 is 14.3 Å². The highest BCUT2D eigenvalue weighted by Gasteiger charge is 2.17. The number of hydrogen-bond donors (Lipinski definition) is 1. The van der Waals surface area contributed by atoms with Crippen LogP contribution in [0.15, 0.2) is 60.1 Å². The first-order chi connectivity index (χ1) is 14.5. The largest absolute Gasteiger partial charge is 0.497 e. The lowest BCUT2D eigenvalue weighted by Gasteiger charge is -2.08. The molecule has 0 aliphatic rings. The van der Waals surface area contributed by atoms with E-state index in [2.05, 4.69) is 10.3 Å². The predicted octanol–water partition coefficient (Wildman–Crippen LogP) is 4.03. The Morgan fingerprint density at radius 2 is 1.90 bits per heavy atom. The number of anilines is 1. The van der Waals surface area contributed by atoms with Crippen molar-refractivity contribution in [3.05, 3.63) is 71.4 Å². The Balaban J connectivity index is 1.58. The fourth-order valence-electron chi connectivity index (χ4n) is 3.01. The van der Waals surface area contributed by atoms with E-state index in [1.54, 1.807) is 55.3 Å². The fourth-order valence-corrected chi connectivity index (χ4v) is 3.85. The van der Waals surface area contributed by atoms with Crippen molar-refractivity contribution in [2.75, 3.05) is 26.5 Å². The molecule has 30 heavy (non-hydrogen) atoms. The summed E-state index contributed by atoms with van der Waals surface area (Å²) in [6.45, 7) is 0. The molecule has 0 aliphatic carbocycles. The minimum absolute atomic E-state index is 0.0781. The number of hydrogen-bond acceptors (Lipinski definition) is 5. The molecule has 0 saturated heterocycles. The second kappa shape index (κ2) is 8.00. The van der Waals surface area contributed by atoms with Crippen molar-refractivity contribution in [3.8, 4) is 17.0 Å². The molecular formula is C22H20N4O3S. The minimum atomic E-state index is -0.209. The summed E-state index contributed by atoms with van der Waals surface area (Å²) < 4.78 is 6.92. The highest BCUT2D eigenvalue weighted by molar-refractivity contribution is 7.15. The Hall–Kier alpha value is -3.65. The van der Waals surface area contributed by atoms with Gasteiger partial charge in [0.1, 0.15) is 11.4 Å². The van der Waals surface area contributed by atoms with Crippen LogP contribution < -0.4 is 10.1 Å². The number of rotatable bonds is 5. The second-order valence-corrected chi connectivity index (χ2v) is 7.70. The summed E-state index contributed by atoms with van der Waals surface area (Å²) in [6, 6.07) is 14.4. The third-order valence-electron chi connectivity index (χ3n) is 4.60. The van der Waals surface area contributed by atoms with Gasteiger partial charge in [0.05, 0.1) is 12.8 Å². The number of carbonyl (C=O) groups excluding carboxylic acids is 2. The molecule has 0 atom stereocenters. The number of amides is 2. The minimum Gasteiger partial charge on any atom is -0.497 e. The molecule has 2 heterocycles. The van der Waals surface area contributed by atoms with Crippen LogP contribution in [0.25, 0.3) is 16.2 Å². The van der Waals surface area contributed by atoms with Crippen molar-refractivity contribution in [1.29, 1.82) is 0 Å². The molecule has 7 nitrogen and oxygen atoms in total. The number of carbonyl (C=O) groups is 2. The SMILES string of the molecule is COc1ccc(C(=O)Nc2cccc(-c3cn4c(C(=O)N(C)C)csc4n3)c2)cc1. The van der Waals surface area contributed by atoms with E-state index in [-0.39, 0.29) is 11.8 Å². The van der Waals surface area contributed by atoms with E-state index in [1.165, 1.54) is 16.2 Å².